The summed E-state index contributed by atoms with van der Waals surface area (Å²) in [6.07, 6.45) is 4.52. The molecule has 0 saturated carbocycles. The van der Waals surface area contributed by atoms with E-state index in [2.05, 4.69) is 22.8 Å². The van der Waals surface area contributed by atoms with Crippen molar-refractivity contribution in [1.29, 1.82) is 0 Å². The number of carbonyl (C=O) groups is 1. The summed E-state index contributed by atoms with van der Waals surface area (Å²) in [6, 6.07) is 4.17. The van der Waals surface area contributed by atoms with Gasteiger partial charge < -0.3 is 14.8 Å². The van der Waals surface area contributed by atoms with Gasteiger partial charge in [-0.05, 0) is 37.1 Å². The largest absolute Gasteiger partial charge is 0.381 e. The maximum atomic E-state index is 11.6. The van der Waals surface area contributed by atoms with E-state index in [0.717, 1.165) is 45.5 Å². The highest BCUT2D eigenvalue weighted by atomic mass is 32.1. The molecule has 0 unspecified atom stereocenters. The van der Waals surface area contributed by atoms with Crippen molar-refractivity contribution in [3.63, 3.8) is 0 Å². The second kappa shape index (κ2) is 9.92. The Kier molecular flexibility index (Phi) is 7.78. The first kappa shape index (κ1) is 16.5. The van der Waals surface area contributed by atoms with Crippen LogP contribution in [0.4, 0.5) is 0 Å². The van der Waals surface area contributed by atoms with Gasteiger partial charge in [-0.2, -0.15) is 0 Å². The van der Waals surface area contributed by atoms with E-state index in [0.29, 0.717) is 25.5 Å². The molecule has 1 amide bonds. The summed E-state index contributed by atoms with van der Waals surface area (Å²) in [5, 5.41) is 5.03. The molecular weight excluding hydrogens is 286 g/mol. The van der Waals surface area contributed by atoms with Gasteiger partial charge in [0, 0.05) is 37.0 Å². The van der Waals surface area contributed by atoms with Crippen molar-refractivity contribution >= 4 is 17.2 Å². The minimum Gasteiger partial charge on any atom is -0.381 e. The molecule has 0 aliphatic carbocycles. The van der Waals surface area contributed by atoms with E-state index in [1.807, 2.05) is 0 Å². The van der Waals surface area contributed by atoms with Crippen LogP contribution in [0.25, 0.3) is 0 Å². The average Bonchev–Trinajstić information content (AvgIpc) is 3.16. The Hall–Kier alpha value is -0.910. The van der Waals surface area contributed by atoms with E-state index in [1.165, 1.54) is 4.88 Å². The molecular formula is C16H25NO3S. The third-order valence-corrected chi connectivity index (χ3v) is 4.51. The van der Waals surface area contributed by atoms with Crippen LogP contribution >= 0.6 is 11.3 Å². The fourth-order valence-electron chi connectivity index (χ4n) is 2.33. The third-order valence-electron chi connectivity index (χ3n) is 3.57. The van der Waals surface area contributed by atoms with Crippen LogP contribution < -0.4 is 5.32 Å². The van der Waals surface area contributed by atoms with Crippen molar-refractivity contribution in [3.05, 3.63) is 22.4 Å². The SMILES string of the molecule is O=C(CCCc1cccs1)NCCCOC[C@H]1CCOC1. The monoisotopic (exact) mass is 311 g/mol. The van der Waals surface area contributed by atoms with Gasteiger partial charge in [0.2, 0.25) is 5.91 Å². The number of nitrogens with one attached hydrogen (secondary N) is 1. The van der Waals surface area contributed by atoms with Gasteiger partial charge in [-0.25, -0.2) is 0 Å². The van der Waals surface area contributed by atoms with Crippen molar-refractivity contribution in [2.24, 2.45) is 5.92 Å². The molecule has 0 radical (unpaired) electrons. The summed E-state index contributed by atoms with van der Waals surface area (Å²) in [5.41, 5.74) is 0. The number of hydrogen-bond acceptors (Lipinski definition) is 4. The normalized spacial score (nSPS) is 18.0. The first-order valence-electron chi connectivity index (χ1n) is 7.79. The number of amides is 1. The smallest absolute Gasteiger partial charge is 0.220 e. The van der Waals surface area contributed by atoms with Crippen molar-refractivity contribution < 1.29 is 14.3 Å². The zero-order valence-corrected chi connectivity index (χ0v) is 13.3. The molecule has 0 aromatic carbocycles. The van der Waals surface area contributed by atoms with Gasteiger partial charge in [-0.15, -0.1) is 11.3 Å². The van der Waals surface area contributed by atoms with Gasteiger partial charge in [0.05, 0.1) is 13.2 Å². The molecule has 1 aliphatic rings. The summed E-state index contributed by atoms with van der Waals surface area (Å²) in [5.74, 6) is 0.715. The zero-order valence-electron chi connectivity index (χ0n) is 12.5. The van der Waals surface area contributed by atoms with Gasteiger partial charge in [-0.1, -0.05) is 6.07 Å². The van der Waals surface area contributed by atoms with Crippen LogP contribution in [0, 0.1) is 5.92 Å². The van der Waals surface area contributed by atoms with Crippen LogP contribution in [-0.4, -0.2) is 38.9 Å². The van der Waals surface area contributed by atoms with E-state index in [4.69, 9.17) is 9.47 Å². The van der Waals surface area contributed by atoms with Gasteiger partial charge in [0.1, 0.15) is 0 Å². The Balaban J connectivity index is 1.38. The number of aryl methyl sites for hydroxylation is 1. The topological polar surface area (TPSA) is 47.6 Å². The molecule has 1 fully saturated rings. The summed E-state index contributed by atoms with van der Waals surface area (Å²) < 4.78 is 10.9. The summed E-state index contributed by atoms with van der Waals surface area (Å²) in [4.78, 5) is 13.0. The van der Waals surface area contributed by atoms with Gasteiger partial charge in [0.25, 0.3) is 0 Å². The van der Waals surface area contributed by atoms with Gasteiger partial charge >= 0.3 is 0 Å². The lowest BCUT2D eigenvalue weighted by Gasteiger charge is -2.09. The van der Waals surface area contributed by atoms with Crippen LogP contribution in [-0.2, 0) is 20.7 Å². The zero-order chi connectivity index (χ0) is 14.8. The van der Waals surface area contributed by atoms with Gasteiger partial charge in [-0.3, -0.25) is 4.79 Å². The molecule has 1 aliphatic heterocycles. The van der Waals surface area contributed by atoms with Crippen molar-refractivity contribution in [2.75, 3.05) is 33.0 Å². The Bertz CT molecular complexity index is 388. The fraction of sp³-hybridized carbons (Fsp3) is 0.688. The van der Waals surface area contributed by atoms with E-state index >= 15 is 0 Å². The number of ether oxygens (including phenoxy) is 2. The van der Waals surface area contributed by atoms with Crippen LogP contribution in [0.5, 0.6) is 0 Å². The highest BCUT2D eigenvalue weighted by Gasteiger charge is 2.15. The Labute approximate surface area is 130 Å². The van der Waals surface area contributed by atoms with Crippen LogP contribution in [0.3, 0.4) is 0 Å². The summed E-state index contributed by atoms with van der Waals surface area (Å²) >= 11 is 1.75. The predicted octanol–water partition coefficient (Wildman–Crippen LogP) is 2.63. The Morgan fingerprint density at radius 3 is 3.19 bits per heavy atom. The second-order valence-corrected chi connectivity index (χ2v) is 6.47. The molecule has 2 heterocycles. The minimum atomic E-state index is 0.149. The lowest BCUT2D eigenvalue weighted by atomic mass is 10.1. The molecule has 1 aromatic rings. The van der Waals surface area contributed by atoms with Crippen LogP contribution in [0.15, 0.2) is 17.5 Å². The van der Waals surface area contributed by atoms with Gasteiger partial charge in [0.15, 0.2) is 0 Å². The maximum absolute atomic E-state index is 11.6. The highest BCUT2D eigenvalue weighted by molar-refractivity contribution is 7.09. The number of rotatable bonds is 10. The summed E-state index contributed by atoms with van der Waals surface area (Å²) in [7, 11) is 0. The van der Waals surface area contributed by atoms with E-state index in [1.54, 1.807) is 11.3 Å². The second-order valence-electron chi connectivity index (χ2n) is 5.44. The van der Waals surface area contributed by atoms with Crippen molar-refractivity contribution in [3.8, 4) is 0 Å². The molecule has 118 valence electrons. The quantitative estimate of drug-likeness (QED) is 0.676. The van der Waals surface area contributed by atoms with E-state index < -0.39 is 0 Å². The van der Waals surface area contributed by atoms with E-state index in [-0.39, 0.29) is 5.91 Å². The molecule has 0 spiro atoms. The first-order chi connectivity index (χ1) is 10.3. The molecule has 2 rings (SSSR count). The number of carbonyl (C=O) groups excluding carboxylic acids is 1. The highest BCUT2D eigenvalue weighted by Crippen LogP contribution is 2.12. The average molecular weight is 311 g/mol. The first-order valence-corrected chi connectivity index (χ1v) is 8.67. The molecule has 0 bridgehead atoms. The fourth-order valence-corrected chi connectivity index (χ4v) is 3.08. The molecule has 1 aromatic heterocycles. The van der Waals surface area contributed by atoms with Crippen molar-refractivity contribution in [1.82, 2.24) is 5.32 Å². The Morgan fingerprint density at radius 2 is 2.43 bits per heavy atom. The van der Waals surface area contributed by atoms with Crippen LogP contribution in [0.1, 0.15) is 30.6 Å². The lowest BCUT2D eigenvalue weighted by molar-refractivity contribution is -0.121. The number of hydrogen-bond donors (Lipinski definition) is 1. The Morgan fingerprint density at radius 1 is 1.48 bits per heavy atom. The minimum absolute atomic E-state index is 0.149. The molecule has 1 atom stereocenters. The lowest BCUT2D eigenvalue weighted by Crippen LogP contribution is -2.25. The molecule has 5 heteroatoms. The molecule has 1 N–H and O–H groups in total. The van der Waals surface area contributed by atoms with E-state index in [9.17, 15) is 4.79 Å². The molecule has 4 nitrogen and oxygen atoms in total. The number of thiophene rings is 1. The van der Waals surface area contributed by atoms with Crippen molar-refractivity contribution in [2.45, 2.75) is 32.1 Å². The molecule has 1 saturated heterocycles. The van der Waals surface area contributed by atoms with Crippen LogP contribution in [0.2, 0.25) is 0 Å². The standard InChI is InChI=1S/C16H25NO3S/c18-16(6-1-4-15-5-2-11-21-15)17-8-3-9-19-12-14-7-10-20-13-14/h2,5,11,14H,1,3-4,6-10,12-13H2,(H,17,18)/t14-/m1/s1. The maximum Gasteiger partial charge on any atom is 0.220 e. The third kappa shape index (κ3) is 7.07. The summed E-state index contributed by atoms with van der Waals surface area (Å²) in [6.45, 7) is 3.91. The molecule has 21 heavy (non-hydrogen) atoms. The predicted molar refractivity (Wildman–Crippen MR) is 84.6 cm³/mol.